The van der Waals surface area contributed by atoms with Crippen LogP contribution in [-0.4, -0.2) is 45.3 Å². The molecule has 7 nitrogen and oxygen atoms in total. The van der Waals surface area contributed by atoms with E-state index in [9.17, 15) is 9.90 Å². The standard InChI is InChI=1S/C24H31N3O4S/c28-17(14-30-15-18-8-5-11-31-18)12-27(16-6-2-1-3-7-16)13-21-25-23(29)22-19-9-4-10-20(19)32-24(22)26-21/h5,8,11,16-17,28H,1-4,6-7,9-10,12-15H2,(H,25,26,29)/t17-/m0/s1. The second kappa shape index (κ2) is 9.87. The van der Waals surface area contributed by atoms with Crippen LogP contribution < -0.4 is 5.56 Å². The van der Waals surface area contributed by atoms with Crippen LogP contribution in [0.4, 0.5) is 0 Å². The van der Waals surface area contributed by atoms with Crippen LogP contribution in [0, 0.1) is 0 Å². The molecule has 2 aliphatic carbocycles. The molecule has 3 aromatic rings. The third-order valence-corrected chi connectivity index (χ3v) is 7.83. The fourth-order valence-electron chi connectivity index (χ4n) is 5.12. The maximum Gasteiger partial charge on any atom is 0.259 e. The fourth-order valence-corrected chi connectivity index (χ4v) is 6.40. The summed E-state index contributed by atoms with van der Waals surface area (Å²) in [4.78, 5) is 25.2. The predicted molar refractivity (Wildman–Crippen MR) is 124 cm³/mol. The highest BCUT2D eigenvalue weighted by Gasteiger charge is 2.26. The molecule has 0 unspecified atom stereocenters. The Balaban J connectivity index is 1.29. The normalized spacial score (nSPS) is 17.9. The molecular weight excluding hydrogens is 426 g/mol. The second-order valence-electron chi connectivity index (χ2n) is 9.02. The molecule has 0 radical (unpaired) electrons. The molecule has 5 rings (SSSR count). The van der Waals surface area contributed by atoms with E-state index in [-0.39, 0.29) is 12.2 Å². The lowest BCUT2D eigenvalue weighted by molar-refractivity contribution is -0.00766. The van der Waals surface area contributed by atoms with Crippen molar-refractivity contribution >= 4 is 21.6 Å². The van der Waals surface area contributed by atoms with Crippen molar-refractivity contribution in [1.82, 2.24) is 14.9 Å². The minimum atomic E-state index is -0.618. The van der Waals surface area contributed by atoms with Gasteiger partial charge in [0.2, 0.25) is 0 Å². The summed E-state index contributed by atoms with van der Waals surface area (Å²) in [5.74, 6) is 1.44. The summed E-state index contributed by atoms with van der Waals surface area (Å²) in [6, 6.07) is 4.07. The zero-order valence-electron chi connectivity index (χ0n) is 18.3. The van der Waals surface area contributed by atoms with Crippen LogP contribution in [0.2, 0.25) is 0 Å². The number of aromatic nitrogens is 2. The van der Waals surface area contributed by atoms with Gasteiger partial charge < -0.3 is 19.2 Å². The number of furan rings is 1. The molecular formula is C24H31N3O4S. The van der Waals surface area contributed by atoms with Gasteiger partial charge in [0.15, 0.2) is 0 Å². The molecule has 0 aromatic carbocycles. The highest BCUT2D eigenvalue weighted by atomic mass is 32.1. The van der Waals surface area contributed by atoms with Gasteiger partial charge >= 0.3 is 0 Å². The molecule has 0 spiro atoms. The smallest absolute Gasteiger partial charge is 0.259 e. The molecule has 172 valence electrons. The van der Waals surface area contributed by atoms with Crippen molar-refractivity contribution in [3.8, 4) is 0 Å². The third-order valence-electron chi connectivity index (χ3n) is 6.65. The van der Waals surface area contributed by atoms with Crippen molar-refractivity contribution < 1.29 is 14.3 Å². The molecule has 1 atom stereocenters. The predicted octanol–water partition coefficient (Wildman–Crippen LogP) is 3.78. The molecule has 0 amide bonds. The quantitative estimate of drug-likeness (QED) is 0.508. The van der Waals surface area contributed by atoms with E-state index >= 15 is 0 Å². The molecule has 8 heteroatoms. The molecule has 2 N–H and O–H groups in total. The second-order valence-corrected chi connectivity index (χ2v) is 10.1. The Bertz CT molecular complexity index is 1080. The number of aliphatic hydroxyl groups excluding tert-OH is 1. The summed E-state index contributed by atoms with van der Waals surface area (Å²) in [5, 5.41) is 11.5. The summed E-state index contributed by atoms with van der Waals surface area (Å²) in [5.41, 5.74) is 1.19. The zero-order chi connectivity index (χ0) is 21.9. The van der Waals surface area contributed by atoms with E-state index in [0.717, 1.165) is 48.1 Å². The highest BCUT2D eigenvalue weighted by Crippen LogP contribution is 2.34. The molecule has 32 heavy (non-hydrogen) atoms. The maximum atomic E-state index is 12.9. The number of hydrogen-bond donors (Lipinski definition) is 2. The highest BCUT2D eigenvalue weighted by molar-refractivity contribution is 7.18. The number of ether oxygens (including phenoxy) is 1. The van der Waals surface area contributed by atoms with Gasteiger partial charge in [-0.1, -0.05) is 19.3 Å². The van der Waals surface area contributed by atoms with Gasteiger partial charge in [-0.05, 0) is 49.8 Å². The number of aliphatic hydroxyl groups is 1. The van der Waals surface area contributed by atoms with E-state index in [1.54, 1.807) is 17.6 Å². The number of hydrogen-bond acceptors (Lipinski definition) is 7. The summed E-state index contributed by atoms with van der Waals surface area (Å²) in [7, 11) is 0. The number of nitrogens with zero attached hydrogens (tertiary/aromatic N) is 2. The fraction of sp³-hybridized carbons (Fsp3) is 0.583. The Kier molecular flexibility index (Phi) is 6.73. The molecule has 0 saturated heterocycles. The van der Waals surface area contributed by atoms with E-state index in [1.165, 1.54) is 29.7 Å². The van der Waals surface area contributed by atoms with Crippen LogP contribution in [0.3, 0.4) is 0 Å². The van der Waals surface area contributed by atoms with Crippen LogP contribution in [0.1, 0.15) is 60.6 Å². The molecule has 3 aromatic heterocycles. The lowest BCUT2D eigenvalue weighted by atomic mass is 9.94. The van der Waals surface area contributed by atoms with Crippen molar-refractivity contribution in [3.63, 3.8) is 0 Å². The van der Waals surface area contributed by atoms with E-state index < -0.39 is 6.10 Å². The number of H-pyrrole nitrogens is 1. The largest absolute Gasteiger partial charge is 0.467 e. The van der Waals surface area contributed by atoms with Crippen molar-refractivity contribution in [2.75, 3.05) is 13.2 Å². The maximum absolute atomic E-state index is 12.9. The van der Waals surface area contributed by atoms with Gasteiger partial charge in [0, 0.05) is 17.5 Å². The zero-order valence-corrected chi connectivity index (χ0v) is 19.2. The molecule has 2 aliphatic rings. The number of thiophene rings is 1. The first-order valence-electron chi connectivity index (χ1n) is 11.7. The van der Waals surface area contributed by atoms with E-state index in [4.69, 9.17) is 14.1 Å². The third kappa shape index (κ3) is 4.83. The lowest BCUT2D eigenvalue weighted by Gasteiger charge is -2.35. The van der Waals surface area contributed by atoms with Crippen LogP contribution in [-0.2, 0) is 30.7 Å². The van der Waals surface area contributed by atoms with Crippen LogP contribution in [0.25, 0.3) is 10.2 Å². The number of aromatic amines is 1. The molecule has 0 bridgehead atoms. The van der Waals surface area contributed by atoms with Gasteiger partial charge in [-0.2, -0.15) is 0 Å². The number of fused-ring (bicyclic) bond motifs is 3. The molecule has 3 heterocycles. The van der Waals surface area contributed by atoms with Gasteiger partial charge in [-0.3, -0.25) is 9.69 Å². The lowest BCUT2D eigenvalue weighted by Crippen LogP contribution is -2.43. The van der Waals surface area contributed by atoms with Crippen LogP contribution in [0.15, 0.2) is 27.6 Å². The van der Waals surface area contributed by atoms with Gasteiger partial charge in [0.05, 0.1) is 30.9 Å². The Labute approximate surface area is 191 Å². The van der Waals surface area contributed by atoms with E-state index in [2.05, 4.69) is 9.88 Å². The number of aryl methyl sites for hydroxylation is 2. The van der Waals surface area contributed by atoms with E-state index in [0.29, 0.717) is 31.6 Å². The summed E-state index contributed by atoms with van der Waals surface area (Å²) < 4.78 is 10.9. The Morgan fingerprint density at radius 1 is 1.28 bits per heavy atom. The summed E-state index contributed by atoms with van der Waals surface area (Å²) >= 11 is 1.67. The SMILES string of the molecule is O=c1[nH]c(CN(C[C@H](O)COCc2ccco2)C2CCCCC2)nc2sc3c(c12)CCC3. The average Bonchev–Trinajstić information content (AvgIpc) is 3.51. The topological polar surface area (TPSA) is 91.6 Å². The minimum absolute atomic E-state index is 0.0182. The first kappa shape index (κ1) is 21.8. The van der Waals surface area contributed by atoms with Crippen molar-refractivity contribution in [1.29, 1.82) is 0 Å². The van der Waals surface area contributed by atoms with Crippen molar-refractivity contribution in [3.05, 3.63) is 50.8 Å². The molecule has 1 fully saturated rings. The number of rotatable bonds is 9. The summed E-state index contributed by atoms with van der Waals surface area (Å²) in [6.45, 7) is 1.62. The Morgan fingerprint density at radius 3 is 2.97 bits per heavy atom. The summed E-state index contributed by atoms with van der Waals surface area (Å²) in [6.07, 6.45) is 10.1. The van der Waals surface area contributed by atoms with Gasteiger partial charge in [0.25, 0.3) is 5.56 Å². The molecule has 1 saturated carbocycles. The van der Waals surface area contributed by atoms with Crippen LogP contribution >= 0.6 is 11.3 Å². The minimum Gasteiger partial charge on any atom is -0.467 e. The van der Waals surface area contributed by atoms with Crippen molar-refractivity contribution in [2.45, 2.75) is 76.7 Å². The average molecular weight is 458 g/mol. The van der Waals surface area contributed by atoms with Crippen molar-refractivity contribution in [2.24, 2.45) is 0 Å². The first-order chi connectivity index (χ1) is 15.7. The monoisotopic (exact) mass is 457 g/mol. The Morgan fingerprint density at radius 2 is 2.16 bits per heavy atom. The van der Waals surface area contributed by atoms with E-state index in [1.807, 2.05) is 12.1 Å². The van der Waals surface area contributed by atoms with Gasteiger partial charge in [-0.15, -0.1) is 11.3 Å². The van der Waals surface area contributed by atoms with Gasteiger partial charge in [-0.25, -0.2) is 4.98 Å². The first-order valence-corrected chi connectivity index (χ1v) is 12.5. The molecule has 0 aliphatic heterocycles. The van der Waals surface area contributed by atoms with Crippen LogP contribution in [0.5, 0.6) is 0 Å². The number of nitrogens with one attached hydrogen (secondary N) is 1. The Hall–Kier alpha value is -2.00. The van der Waals surface area contributed by atoms with Gasteiger partial charge in [0.1, 0.15) is 23.0 Å².